The lowest BCUT2D eigenvalue weighted by Gasteiger charge is -2.33. The van der Waals surface area contributed by atoms with Crippen LogP contribution in [-0.4, -0.2) is 37.1 Å². The van der Waals surface area contributed by atoms with Gasteiger partial charge in [-0.05, 0) is 24.3 Å². The molecule has 2 heteroatoms. The Balaban J connectivity index is 2.53. The van der Waals surface area contributed by atoms with Gasteiger partial charge in [0.05, 0.1) is 0 Å². The Morgan fingerprint density at radius 3 is 1.93 bits per heavy atom. The van der Waals surface area contributed by atoms with Gasteiger partial charge < -0.3 is 5.32 Å². The van der Waals surface area contributed by atoms with Crippen LogP contribution in [0.25, 0.3) is 0 Å². The van der Waals surface area contributed by atoms with Gasteiger partial charge in [0, 0.05) is 25.7 Å². The van der Waals surface area contributed by atoms with Crippen LogP contribution in [0.2, 0.25) is 0 Å². The maximum atomic E-state index is 3.51. The molecule has 1 rings (SSSR count). The molecule has 0 aromatic heterocycles. The summed E-state index contributed by atoms with van der Waals surface area (Å²) >= 11 is 0. The van der Waals surface area contributed by atoms with Crippen molar-refractivity contribution in [1.82, 2.24) is 10.2 Å². The van der Waals surface area contributed by atoms with Gasteiger partial charge in [0.2, 0.25) is 0 Å². The predicted molar refractivity (Wildman–Crippen MR) is 67.1 cm³/mol. The number of rotatable bonds is 5. The molecule has 1 fully saturated rings. The van der Waals surface area contributed by atoms with Crippen LogP contribution < -0.4 is 5.32 Å². The van der Waals surface area contributed by atoms with Gasteiger partial charge in [-0.2, -0.15) is 0 Å². The van der Waals surface area contributed by atoms with Gasteiger partial charge in [-0.25, -0.2) is 0 Å². The normalized spacial score (nSPS) is 27.2. The molecule has 1 N–H and O–H groups in total. The third-order valence-electron chi connectivity index (χ3n) is 3.14. The zero-order valence-corrected chi connectivity index (χ0v) is 11.1. The van der Waals surface area contributed by atoms with E-state index in [0.29, 0.717) is 0 Å². The Morgan fingerprint density at radius 2 is 1.60 bits per heavy atom. The Kier molecular flexibility index (Phi) is 5.07. The van der Waals surface area contributed by atoms with E-state index in [9.17, 15) is 0 Å². The summed E-state index contributed by atoms with van der Waals surface area (Å²) in [4.78, 5) is 2.69. The van der Waals surface area contributed by atoms with Crippen molar-refractivity contribution >= 4 is 0 Å². The number of nitrogens with zero attached hydrogens (tertiary/aromatic N) is 1. The Morgan fingerprint density at radius 1 is 1.07 bits per heavy atom. The molecule has 0 spiro atoms. The summed E-state index contributed by atoms with van der Waals surface area (Å²) in [7, 11) is 0. The van der Waals surface area contributed by atoms with E-state index in [1.54, 1.807) is 0 Å². The molecule has 2 nitrogen and oxygen atoms in total. The van der Waals surface area contributed by atoms with Crippen molar-refractivity contribution in [3.63, 3.8) is 0 Å². The summed E-state index contributed by atoms with van der Waals surface area (Å²) in [5, 5.41) is 3.51. The van der Waals surface area contributed by atoms with Crippen LogP contribution in [0.5, 0.6) is 0 Å². The summed E-state index contributed by atoms with van der Waals surface area (Å²) < 4.78 is 0. The fraction of sp³-hybridized carbons (Fsp3) is 1.00. The van der Waals surface area contributed by atoms with Crippen LogP contribution in [0.15, 0.2) is 0 Å². The summed E-state index contributed by atoms with van der Waals surface area (Å²) in [5.74, 6) is 2.36. The van der Waals surface area contributed by atoms with Gasteiger partial charge in [0.1, 0.15) is 0 Å². The molecule has 0 aromatic carbocycles. The summed E-state index contributed by atoms with van der Waals surface area (Å²) in [6.45, 7) is 16.5. The van der Waals surface area contributed by atoms with E-state index in [1.807, 2.05) is 0 Å². The molecule has 0 aliphatic carbocycles. The monoisotopic (exact) mass is 212 g/mol. The van der Waals surface area contributed by atoms with Crippen LogP contribution in [0.3, 0.4) is 0 Å². The van der Waals surface area contributed by atoms with Crippen molar-refractivity contribution in [1.29, 1.82) is 0 Å². The average Bonchev–Trinajstić information content (AvgIpc) is 2.48. The highest BCUT2D eigenvalue weighted by Crippen LogP contribution is 2.18. The average molecular weight is 212 g/mol. The van der Waals surface area contributed by atoms with E-state index < -0.39 is 0 Å². The molecule has 1 aliphatic rings. The van der Waals surface area contributed by atoms with Gasteiger partial charge >= 0.3 is 0 Å². The smallest absolute Gasteiger partial charge is 0.0258 e. The molecule has 1 heterocycles. The second-order valence-electron chi connectivity index (χ2n) is 5.94. The lowest BCUT2D eigenvalue weighted by atomic mass is 10.0. The van der Waals surface area contributed by atoms with E-state index in [1.165, 1.54) is 26.2 Å². The minimum Gasteiger partial charge on any atom is -0.315 e. The van der Waals surface area contributed by atoms with Crippen LogP contribution in [0.1, 0.15) is 34.6 Å². The molecule has 15 heavy (non-hydrogen) atoms. The third kappa shape index (κ3) is 4.12. The highest BCUT2D eigenvalue weighted by molar-refractivity contribution is 4.86. The van der Waals surface area contributed by atoms with E-state index in [0.717, 1.165) is 23.8 Å². The fourth-order valence-corrected chi connectivity index (χ4v) is 2.57. The first kappa shape index (κ1) is 13.0. The van der Waals surface area contributed by atoms with Gasteiger partial charge in [-0.1, -0.05) is 34.6 Å². The van der Waals surface area contributed by atoms with E-state index in [-0.39, 0.29) is 0 Å². The molecule has 90 valence electrons. The summed E-state index contributed by atoms with van der Waals surface area (Å²) in [6, 6.07) is 0.759. The lowest BCUT2D eigenvalue weighted by molar-refractivity contribution is 0.142. The van der Waals surface area contributed by atoms with Crippen LogP contribution in [0.4, 0.5) is 0 Å². The van der Waals surface area contributed by atoms with Crippen LogP contribution in [-0.2, 0) is 0 Å². The summed E-state index contributed by atoms with van der Waals surface area (Å²) in [6.07, 6.45) is 0. The first-order valence-corrected chi connectivity index (χ1v) is 6.45. The second kappa shape index (κ2) is 5.86. The van der Waals surface area contributed by atoms with Crippen molar-refractivity contribution in [2.75, 3.05) is 26.2 Å². The van der Waals surface area contributed by atoms with Crippen molar-refractivity contribution in [3.8, 4) is 0 Å². The molecule has 1 saturated heterocycles. The quantitative estimate of drug-likeness (QED) is 0.751. The topological polar surface area (TPSA) is 15.3 Å². The maximum Gasteiger partial charge on any atom is 0.0258 e. The van der Waals surface area contributed by atoms with E-state index in [4.69, 9.17) is 0 Å². The standard InChI is InChI=1S/C13H28N2/c1-10(2)8-15(9-11(3)4)13-7-14-6-12(13)5/h10-14H,6-9H2,1-5H3. The zero-order chi connectivity index (χ0) is 11.4. The number of hydrogen-bond donors (Lipinski definition) is 1. The first-order chi connectivity index (χ1) is 7.00. The first-order valence-electron chi connectivity index (χ1n) is 6.45. The molecular formula is C13H28N2. The molecule has 1 aliphatic heterocycles. The van der Waals surface area contributed by atoms with Crippen molar-refractivity contribution < 1.29 is 0 Å². The van der Waals surface area contributed by atoms with Crippen molar-refractivity contribution in [3.05, 3.63) is 0 Å². The Bertz CT molecular complexity index is 167. The lowest BCUT2D eigenvalue weighted by Crippen LogP contribution is -2.44. The highest BCUT2D eigenvalue weighted by atomic mass is 15.2. The Labute approximate surface area is 95.4 Å². The van der Waals surface area contributed by atoms with Crippen molar-refractivity contribution in [2.45, 2.75) is 40.7 Å². The minimum atomic E-state index is 0.759. The van der Waals surface area contributed by atoms with Crippen molar-refractivity contribution in [2.24, 2.45) is 17.8 Å². The fourth-order valence-electron chi connectivity index (χ4n) is 2.57. The number of nitrogens with one attached hydrogen (secondary N) is 1. The molecule has 0 radical (unpaired) electrons. The van der Waals surface area contributed by atoms with Gasteiger partial charge in [0.25, 0.3) is 0 Å². The summed E-state index contributed by atoms with van der Waals surface area (Å²) in [5.41, 5.74) is 0. The maximum absolute atomic E-state index is 3.51. The van der Waals surface area contributed by atoms with E-state index >= 15 is 0 Å². The third-order valence-corrected chi connectivity index (χ3v) is 3.14. The SMILES string of the molecule is CC(C)CN(CC(C)C)C1CNCC1C. The van der Waals surface area contributed by atoms with Gasteiger partial charge in [-0.3, -0.25) is 4.90 Å². The molecule has 2 atom stereocenters. The molecule has 0 bridgehead atoms. The van der Waals surface area contributed by atoms with Crippen LogP contribution in [0, 0.1) is 17.8 Å². The molecule has 0 amide bonds. The predicted octanol–water partition coefficient (Wildman–Crippen LogP) is 2.21. The number of hydrogen-bond acceptors (Lipinski definition) is 2. The molecule has 0 saturated carbocycles. The minimum absolute atomic E-state index is 0.759. The largest absolute Gasteiger partial charge is 0.315 e. The molecular weight excluding hydrogens is 184 g/mol. The zero-order valence-electron chi connectivity index (χ0n) is 11.1. The second-order valence-corrected chi connectivity index (χ2v) is 5.94. The Hall–Kier alpha value is -0.0800. The van der Waals surface area contributed by atoms with E-state index in [2.05, 4.69) is 44.8 Å². The van der Waals surface area contributed by atoms with Crippen LogP contribution >= 0.6 is 0 Å². The molecule has 2 unspecified atom stereocenters. The highest BCUT2D eigenvalue weighted by Gasteiger charge is 2.29. The van der Waals surface area contributed by atoms with Gasteiger partial charge in [-0.15, -0.1) is 0 Å². The van der Waals surface area contributed by atoms with Gasteiger partial charge in [0.15, 0.2) is 0 Å². The molecule has 0 aromatic rings.